The first-order chi connectivity index (χ1) is 18.3. The van der Waals surface area contributed by atoms with Gasteiger partial charge in [-0.1, -0.05) is 40.9 Å². The molecule has 4 aromatic rings. The average Bonchev–Trinajstić information content (AvgIpc) is 2.87. The Labute approximate surface area is 237 Å². The van der Waals surface area contributed by atoms with Crippen molar-refractivity contribution < 1.29 is 21.6 Å². The Morgan fingerprint density at radius 3 is 1.97 bits per heavy atom. The number of hydrogen-bond acceptors (Lipinski definition) is 5. The van der Waals surface area contributed by atoms with Crippen LogP contribution in [0.25, 0.3) is 0 Å². The Balaban J connectivity index is 1.50. The lowest BCUT2D eigenvalue weighted by molar-refractivity contribution is 0.102. The summed E-state index contributed by atoms with van der Waals surface area (Å²) in [7, 11) is -7.98. The second kappa shape index (κ2) is 11.3. The fourth-order valence-electron chi connectivity index (χ4n) is 3.63. The molecule has 0 spiro atoms. The van der Waals surface area contributed by atoms with E-state index in [0.717, 1.165) is 11.1 Å². The Kier molecular flexibility index (Phi) is 8.22. The van der Waals surface area contributed by atoms with Gasteiger partial charge in [-0.15, -0.1) is 0 Å². The molecule has 0 radical (unpaired) electrons. The number of anilines is 3. The van der Waals surface area contributed by atoms with Crippen molar-refractivity contribution in [1.29, 1.82) is 0 Å². The van der Waals surface area contributed by atoms with Crippen molar-refractivity contribution in [2.45, 2.75) is 23.6 Å². The van der Waals surface area contributed by atoms with Gasteiger partial charge >= 0.3 is 0 Å². The van der Waals surface area contributed by atoms with E-state index in [1.807, 2.05) is 13.0 Å². The molecule has 12 heteroatoms. The zero-order valence-electron chi connectivity index (χ0n) is 20.7. The largest absolute Gasteiger partial charge is 0.322 e. The molecule has 3 N–H and O–H groups in total. The number of nitrogens with one attached hydrogen (secondary N) is 3. The van der Waals surface area contributed by atoms with E-state index in [1.54, 1.807) is 31.2 Å². The number of benzene rings is 4. The van der Waals surface area contributed by atoms with Crippen molar-refractivity contribution in [2.75, 3.05) is 14.8 Å². The monoisotopic (exact) mass is 603 g/mol. The van der Waals surface area contributed by atoms with Crippen molar-refractivity contribution in [3.05, 3.63) is 112 Å². The summed E-state index contributed by atoms with van der Waals surface area (Å²) in [6.45, 7) is 3.68. The fourth-order valence-corrected chi connectivity index (χ4v) is 6.47. The van der Waals surface area contributed by atoms with E-state index < -0.39 is 26.0 Å². The summed E-state index contributed by atoms with van der Waals surface area (Å²) in [5.41, 5.74) is 2.80. The van der Waals surface area contributed by atoms with E-state index in [2.05, 4.69) is 14.8 Å². The second-order valence-corrected chi connectivity index (χ2v) is 12.8. The van der Waals surface area contributed by atoms with Crippen LogP contribution in [0, 0.1) is 13.8 Å². The number of aryl methyl sites for hydroxylation is 2. The highest BCUT2D eigenvalue weighted by Crippen LogP contribution is 2.27. The van der Waals surface area contributed by atoms with Crippen LogP contribution >= 0.6 is 23.2 Å². The maximum atomic E-state index is 13.1. The number of hydrogen-bond donors (Lipinski definition) is 3. The first-order valence-corrected chi connectivity index (χ1v) is 15.2. The lowest BCUT2D eigenvalue weighted by Crippen LogP contribution is -2.17. The first-order valence-electron chi connectivity index (χ1n) is 11.4. The molecule has 0 saturated heterocycles. The Hall–Kier alpha value is -3.57. The molecule has 8 nitrogen and oxygen atoms in total. The normalized spacial score (nSPS) is 11.6. The van der Waals surface area contributed by atoms with Crippen molar-refractivity contribution in [2.24, 2.45) is 0 Å². The molecule has 0 heterocycles. The molecule has 39 heavy (non-hydrogen) atoms. The molecule has 202 valence electrons. The number of amides is 1. The molecule has 0 fully saturated rings. The van der Waals surface area contributed by atoms with Gasteiger partial charge in [-0.3, -0.25) is 14.2 Å². The SMILES string of the molecule is Cc1ccc(NS(=O)(=O)c2cc(C(=O)Nc3ccc(S(=O)(=O)Nc4ccc(Cl)cc4)cc3)ccc2Cl)c(C)c1. The second-order valence-electron chi connectivity index (χ2n) is 8.66. The third kappa shape index (κ3) is 6.90. The molecule has 0 aromatic heterocycles. The van der Waals surface area contributed by atoms with Crippen molar-refractivity contribution in [3.8, 4) is 0 Å². The highest BCUT2D eigenvalue weighted by atomic mass is 35.5. The lowest BCUT2D eigenvalue weighted by atomic mass is 10.1. The van der Waals surface area contributed by atoms with Gasteiger partial charge in [0.1, 0.15) is 4.90 Å². The average molecular weight is 605 g/mol. The van der Waals surface area contributed by atoms with Gasteiger partial charge in [0.2, 0.25) is 0 Å². The molecular formula is C27H23Cl2N3O5S2. The van der Waals surface area contributed by atoms with Crippen molar-refractivity contribution in [3.63, 3.8) is 0 Å². The quantitative estimate of drug-likeness (QED) is 0.213. The zero-order valence-corrected chi connectivity index (χ0v) is 23.8. The summed E-state index contributed by atoms with van der Waals surface area (Å²) in [5.74, 6) is -0.607. The highest BCUT2D eigenvalue weighted by Gasteiger charge is 2.22. The smallest absolute Gasteiger partial charge is 0.263 e. The number of rotatable bonds is 8. The molecule has 0 aliphatic carbocycles. The molecule has 4 aromatic carbocycles. The van der Waals surface area contributed by atoms with Crippen LogP contribution in [0.1, 0.15) is 21.5 Å². The van der Waals surface area contributed by atoms with Crippen LogP contribution in [-0.2, 0) is 20.0 Å². The molecule has 0 bridgehead atoms. The summed E-state index contributed by atoms with van der Waals surface area (Å²) in [5, 5.41) is 3.05. The summed E-state index contributed by atoms with van der Waals surface area (Å²) < 4.78 is 56.4. The molecule has 0 aliphatic rings. The fraction of sp³-hybridized carbons (Fsp3) is 0.0741. The van der Waals surface area contributed by atoms with Gasteiger partial charge in [0.05, 0.1) is 15.6 Å². The summed E-state index contributed by atoms with van der Waals surface area (Å²) >= 11 is 12.0. The predicted molar refractivity (Wildman–Crippen MR) is 155 cm³/mol. The van der Waals surface area contributed by atoms with Crippen molar-refractivity contribution in [1.82, 2.24) is 0 Å². The Bertz CT molecular complexity index is 1760. The van der Waals surface area contributed by atoms with Crippen LogP contribution < -0.4 is 14.8 Å². The standard InChI is InChI=1S/C27H23Cl2N3O5S2/c1-17-3-14-25(18(2)15-17)32-39(36,37)26-16-19(4-13-24(26)29)27(33)30-21-9-11-23(12-10-21)38(34,35)31-22-7-5-20(28)6-8-22/h3-16,31-32H,1-2H3,(H,30,33). The van der Waals surface area contributed by atoms with Crippen LogP contribution in [0.15, 0.2) is 94.7 Å². The molecule has 0 saturated carbocycles. The zero-order chi connectivity index (χ0) is 28.4. The molecule has 4 rings (SSSR count). The van der Waals surface area contributed by atoms with Gasteiger partial charge in [-0.25, -0.2) is 16.8 Å². The number of halogens is 2. The summed E-state index contributed by atoms with van der Waals surface area (Å²) in [6, 6.07) is 20.9. The van der Waals surface area contributed by atoms with E-state index in [4.69, 9.17) is 23.2 Å². The molecule has 0 atom stereocenters. The Morgan fingerprint density at radius 2 is 1.33 bits per heavy atom. The van der Waals surface area contributed by atoms with Crippen LogP contribution in [-0.4, -0.2) is 22.7 Å². The summed E-state index contributed by atoms with van der Waals surface area (Å²) in [6.07, 6.45) is 0. The van der Waals surface area contributed by atoms with Gasteiger partial charge in [-0.2, -0.15) is 0 Å². The maximum absolute atomic E-state index is 13.1. The number of carbonyl (C=O) groups is 1. The number of sulfonamides is 2. The van der Waals surface area contributed by atoms with Gasteiger partial charge in [-0.05, 0) is 92.2 Å². The maximum Gasteiger partial charge on any atom is 0.263 e. The van der Waals surface area contributed by atoms with E-state index >= 15 is 0 Å². The van der Waals surface area contributed by atoms with E-state index in [-0.39, 0.29) is 20.4 Å². The predicted octanol–water partition coefficient (Wildman–Crippen LogP) is 6.46. The lowest BCUT2D eigenvalue weighted by Gasteiger charge is -2.13. The van der Waals surface area contributed by atoms with Crippen LogP contribution in [0.4, 0.5) is 17.1 Å². The van der Waals surface area contributed by atoms with Gasteiger partial charge in [0.25, 0.3) is 26.0 Å². The minimum Gasteiger partial charge on any atom is -0.322 e. The Morgan fingerprint density at radius 1 is 0.692 bits per heavy atom. The third-order valence-electron chi connectivity index (χ3n) is 5.63. The minimum atomic E-state index is -4.10. The molecule has 0 aliphatic heterocycles. The van der Waals surface area contributed by atoms with E-state index in [1.165, 1.54) is 54.6 Å². The molecule has 0 unspecified atom stereocenters. The van der Waals surface area contributed by atoms with Crippen LogP contribution in [0.5, 0.6) is 0 Å². The first kappa shape index (κ1) is 28.4. The topological polar surface area (TPSA) is 121 Å². The van der Waals surface area contributed by atoms with E-state index in [0.29, 0.717) is 22.1 Å². The van der Waals surface area contributed by atoms with Gasteiger partial charge in [0.15, 0.2) is 0 Å². The number of carbonyl (C=O) groups excluding carboxylic acids is 1. The molecular weight excluding hydrogens is 581 g/mol. The van der Waals surface area contributed by atoms with Gasteiger partial charge < -0.3 is 5.32 Å². The van der Waals surface area contributed by atoms with Crippen molar-refractivity contribution >= 4 is 66.2 Å². The van der Waals surface area contributed by atoms with Crippen LogP contribution in [0.2, 0.25) is 10.0 Å². The highest BCUT2D eigenvalue weighted by molar-refractivity contribution is 7.93. The summed E-state index contributed by atoms with van der Waals surface area (Å²) in [4.78, 5) is 12.6. The van der Waals surface area contributed by atoms with Crippen LogP contribution in [0.3, 0.4) is 0 Å². The molecule has 1 amide bonds. The minimum absolute atomic E-state index is 0.0206. The van der Waals surface area contributed by atoms with Gasteiger partial charge in [0, 0.05) is 22.0 Å². The van der Waals surface area contributed by atoms with E-state index in [9.17, 15) is 21.6 Å². The third-order valence-corrected chi connectivity index (χ3v) is 9.12.